The SMILES string of the molecule is Cc1ccc(C(=O)Nc2ccc(F)c(-c3nnc4n3CCCCC4)c2)cc1NC(=O)c1ccco1. The van der Waals surface area contributed by atoms with Gasteiger partial charge in [-0.15, -0.1) is 10.2 Å². The topological polar surface area (TPSA) is 102 Å². The Morgan fingerprint density at radius 1 is 1.00 bits per heavy atom. The second-order valence-electron chi connectivity index (χ2n) is 8.51. The fraction of sp³-hybridized carbons (Fsp3) is 0.231. The van der Waals surface area contributed by atoms with Crippen LogP contribution in [0.4, 0.5) is 15.8 Å². The molecule has 35 heavy (non-hydrogen) atoms. The zero-order valence-electron chi connectivity index (χ0n) is 19.2. The number of anilines is 2. The number of benzene rings is 2. The molecule has 2 N–H and O–H groups in total. The minimum absolute atomic E-state index is 0.171. The predicted octanol–water partition coefficient (Wildman–Crippen LogP) is 5.22. The molecule has 0 unspecified atom stereocenters. The quantitative estimate of drug-likeness (QED) is 0.414. The Morgan fingerprint density at radius 3 is 2.71 bits per heavy atom. The summed E-state index contributed by atoms with van der Waals surface area (Å²) in [6.45, 7) is 2.57. The summed E-state index contributed by atoms with van der Waals surface area (Å²) in [5.41, 5.74) is 2.34. The Hall–Kier alpha value is -4.27. The number of aromatic nitrogens is 3. The molecule has 0 atom stereocenters. The van der Waals surface area contributed by atoms with Crippen LogP contribution in [0.3, 0.4) is 0 Å². The molecule has 3 heterocycles. The van der Waals surface area contributed by atoms with E-state index in [9.17, 15) is 14.0 Å². The van der Waals surface area contributed by atoms with Crippen LogP contribution in [0.2, 0.25) is 0 Å². The van der Waals surface area contributed by atoms with E-state index >= 15 is 0 Å². The summed E-state index contributed by atoms with van der Waals surface area (Å²) >= 11 is 0. The summed E-state index contributed by atoms with van der Waals surface area (Å²) in [7, 11) is 0. The summed E-state index contributed by atoms with van der Waals surface area (Å²) in [4.78, 5) is 25.3. The molecule has 0 saturated heterocycles. The van der Waals surface area contributed by atoms with Crippen LogP contribution in [0.25, 0.3) is 11.4 Å². The molecular formula is C26H24FN5O3. The number of rotatable bonds is 5. The molecule has 178 valence electrons. The molecule has 0 radical (unpaired) electrons. The van der Waals surface area contributed by atoms with Crippen molar-refractivity contribution in [3.8, 4) is 11.4 Å². The van der Waals surface area contributed by atoms with Gasteiger partial charge in [-0.05, 0) is 67.8 Å². The van der Waals surface area contributed by atoms with Crippen molar-refractivity contribution in [1.29, 1.82) is 0 Å². The molecule has 0 fully saturated rings. The molecule has 0 spiro atoms. The number of furan rings is 1. The first-order valence-electron chi connectivity index (χ1n) is 11.5. The van der Waals surface area contributed by atoms with Crippen LogP contribution in [0, 0.1) is 12.7 Å². The highest BCUT2D eigenvalue weighted by molar-refractivity contribution is 6.07. The number of nitrogens with zero attached hydrogens (tertiary/aromatic N) is 3. The molecule has 4 aromatic rings. The normalized spacial score (nSPS) is 13.1. The van der Waals surface area contributed by atoms with E-state index in [1.54, 1.807) is 36.4 Å². The number of halogens is 1. The van der Waals surface area contributed by atoms with E-state index in [2.05, 4.69) is 20.8 Å². The number of amides is 2. The highest BCUT2D eigenvalue weighted by Gasteiger charge is 2.20. The van der Waals surface area contributed by atoms with Crippen LogP contribution in [0.1, 0.15) is 51.6 Å². The summed E-state index contributed by atoms with van der Waals surface area (Å²) < 4.78 is 21.8. The fourth-order valence-corrected chi connectivity index (χ4v) is 4.15. The number of nitrogens with one attached hydrogen (secondary N) is 2. The Morgan fingerprint density at radius 2 is 1.89 bits per heavy atom. The van der Waals surface area contributed by atoms with E-state index in [0.29, 0.717) is 28.3 Å². The molecule has 0 aliphatic carbocycles. The van der Waals surface area contributed by atoms with Gasteiger partial charge in [0.15, 0.2) is 11.6 Å². The van der Waals surface area contributed by atoms with Crippen LogP contribution in [-0.4, -0.2) is 26.6 Å². The largest absolute Gasteiger partial charge is 0.459 e. The lowest BCUT2D eigenvalue weighted by Gasteiger charge is -2.12. The zero-order valence-corrected chi connectivity index (χ0v) is 19.2. The average Bonchev–Trinajstić information content (AvgIpc) is 3.47. The lowest BCUT2D eigenvalue weighted by molar-refractivity contribution is 0.0993. The maximum Gasteiger partial charge on any atom is 0.291 e. The lowest BCUT2D eigenvalue weighted by atomic mass is 10.1. The smallest absolute Gasteiger partial charge is 0.291 e. The highest BCUT2D eigenvalue weighted by atomic mass is 19.1. The molecule has 1 aliphatic rings. The Kier molecular flexibility index (Phi) is 6.13. The lowest BCUT2D eigenvalue weighted by Crippen LogP contribution is -2.15. The third kappa shape index (κ3) is 4.70. The molecule has 8 nitrogen and oxygen atoms in total. The summed E-state index contributed by atoms with van der Waals surface area (Å²) in [5, 5.41) is 14.1. The Labute approximate surface area is 201 Å². The minimum Gasteiger partial charge on any atom is -0.459 e. The van der Waals surface area contributed by atoms with E-state index < -0.39 is 17.6 Å². The molecule has 1 aliphatic heterocycles. The van der Waals surface area contributed by atoms with Gasteiger partial charge in [0.1, 0.15) is 11.6 Å². The minimum atomic E-state index is -0.430. The maximum atomic E-state index is 14.8. The highest BCUT2D eigenvalue weighted by Crippen LogP contribution is 2.28. The van der Waals surface area contributed by atoms with Gasteiger partial charge in [-0.3, -0.25) is 9.59 Å². The van der Waals surface area contributed by atoms with Crippen LogP contribution >= 0.6 is 0 Å². The van der Waals surface area contributed by atoms with E-state index in [-0.39, 0.29) is 5.76 Å². The number of fused-ring (bicyclic) bond motifs is 1. The Bertz CT molecular complexity index is 1390. The fourth-order valence-electron chi connectivity index (χ4n) is 4.15. The Balaban J connectivity index is 1.37. The first kappa shape index (κ1) is 22.5. The van der Waals surface area contributed by atoms with Crippen molar-refractivity contribution in [2.75, 3.05) is 10.6 Å². The van der Waals surface area contributed by atoms with Crippen molar-refractivity contribution < 1.29 is 18.4 Å². The van der Waals surface area contributed by atoms with Gasteiger partial charge in [-0.1, -0.05) is 12.5 Å². The summed E-state index contributed by atoms with van der Waals surface area (Å²) in [5.74, 6) is 0.261. The van der Waals surface area contributed by atoms with Crippen LogP contribution in [0.15, 0.2) is 59.2 Å². The van der Waals surface area contributed by atoms with Crippen molar-refractivity contribution in [2.45, 2.75) is 39.2 Å². The standard InChI is InChI=1S/C26H24FN5O3/c1-16-8-9-17(14-21(16)29-26(34)22-6-5-13-35-22)25(33)28-18-10-11-20(27)19(15-18)24-31-30-23-7-3-2-4-12-32(23)24/h5-6,8-11,13-15H,2-4,7,12H2,1H3,(H,28,33)(H,29,34). The monoisotopic (exact) mass is 473 g/mol. The summed E-state index contributed by atoms with van der Waals surface area (Å²) in [6.07, 6.45) is 5.36. The number of carbonyl (C=O) groups is 2. The molecule has 2 amide bonds. The molecule has 5 rings (SSSR count). The molecular weight excluding hydrogens is 449 g/mol. The number of carbonyl (C=O) groups excluding carboxylic acids is 2. The number of aryl methyl sites for hydroxylation is 2. The number of hydrogen-bond donors (Lipinski definition) is 2. The van der Waals surface area contributed by atoms with E-state index in [1.165, 1.54) is 18.4 Å². The molecule has 2 aromatic carbocycles. The molecule has 9 heteroatoms. The first-order valence-corrected chi connectivity index (χ1v) is 11.5. The van der Waals surface area contributed by atoms with Gasteiger partial charge in [0, 0.05) is 29.9 Å². The van der Waals surface area contributed by atoms with Crippen molar-refractivity contribution >= 4 is 23.2 Å². The van der Waals surface area contributed by atoms with Crippen LogP contribution in [-0.2, 0) is 13.0 Å². The van der Waals surface area contributed by atoms with Gasteiger partial charge < -0.3 is 19.6 Å². The van der Waals surface area contributed by atoms with Crippen molar-refractivity contribution in [2.24, 2.45) is 0 Å². The molecule has 0 bridgehead atoms. The van der Waals surface area contributed by atoms with Crippen molar-refractivity contribution in [1.82, 2.24) is 14.8 Å². The van der Waals surface area contributed by atoms with E-state index in [1.807, 2.05) is 11.5 Å². The van der Waals surface area contributed by atoms with Gasteiger partial charge in [0.2, 0.25) is 0 Å². The third-order valence-electron chi connectivity index (χ3n) is 6.07. The average molecular weight is 474 g/mol. The molecule has 2 aromatic heterocycles. The van der Waals surface area contributed by atoms with Crippen molar-refractivity contribution in [3.63, 3.8) is 0 Å². The second kappa shape index (κ2) is 9.54. The van der Waals surface area contributed by atoms with E-state index in [0.717, 1.165) is 43.6 Å². The van der Waals surface area contributed by atoms with Crippen LogP contribution in [0.5, 0.6) is 0 Å². The predicted molar refractivity (Wildman–Crippen MR) is 129 cm³/mol. The first-order chi connectivity index (χ1) is 17.0. The second-order valence-corrected chi connectivity index (χ2v) is 8.51. The number of hydrogen-bond acceptors (Lipinski definition) is 5. The molecule has 0 saturated carbocycles. The zero-order chi connectivity index (χ0) is 24.4. The van der Waals surface area contributed by atoms with Gasteiger partial charge in [0.05, 0.1) is 11.8 Å². The third-order valence-corrected chi connectivity index (χ3v) is 6.07. The van der Waals surface area contributed by atoms with Crippen molar-refractivity contribution in [3.05, 3.63) is 83.3 Å². The van der Waals surface area contributed by atoms with Gasteiger partial charge >= 0.3 is 0 Å². The van der Waals surface area contributed by atoms with Crippen LogP contribution < -0.4 is 10.6 Å². The van der Waals surface area contributed by atoms with E-state index in [4.69, 9.17) is 4.42 Å². The summed E-state index contributed by atoms with van der Waals surface area (Å²) in [6, 6.07) is 12.6. The maximum absolute atomic E-state index is 14.8. The van der Waals surface area contributed by atoms with Gasteiger partial charge in [-0.25, -0.2) is 4.39 Å². The van der Waals surface area contributed by atoms with Gasteiger partial charge in [-0.2, -0.15) is 0 Å². The van der Waals surface area contributed by atoms with Gasteiger partial charge in [0.25, 0.3) is 11.8 Å².